The van der Waals surface area contributed by atoms with Gasteiger partial charge in [-0.25, -0.2) is 9.97 Å². The highest BCUT2D eigenvalue weighted by Gasteiger charge is 2.28. The van der Waals surface area contributed by atoms with Crippen molar-refractivity contribution in [2.24, 2.45) is 0 Å². The molecule has 3 aliphatic rings. The molecule has 0 bridgehead atoms. The second-order valence-electron chi connectivity index (χ2n) is 11.9. The fourth-order valence-electron chi connectivity index (χ4n) is 7.18. The van der Waals surface area contributed by atoms with E-state index >= 15 is 0 Å². The Balaban J connectivity index is 1.22. The molecule has 220 valence electrons. The quantitative estimate of drug-likeness (QED) is 0.240. The molecule has 3 fully saturated rings. The van der Waals surface area contributed by atoms with Gasteiger partial charge in [0, 0.05) is 72.5 Å². The molecule has 2 aliphatic heterocycles. The number of methoxy groups -OCH3 is 2. The Kier molecular flexibility index (Phi) is 7.53. The van der Waals surface area contributed by atoms with Crippen LogP contribution in [0.3, 0.4) is 0 Å². The van der Waals surface area contributed by atoms with E-state index in [4.69, 9.17) is 19.4 Å². The highest BCUT2D eigenvalue weighted by molar-refractivity contribution is 5.98. The number of ether oxygens (including phenoxy) is 2. The number of nitrogens with zero attached hydrogens (tertiary/aromatic N) is 4. The van der Waals surface area contributed by atoms with Crippen molar-refractivity contribution in [2.75, 3.05) is 60.8 Å². The van der Waals surface area contributed by atoms with Crippen LogP contribution in [0.5, 0.6) is 11.5 Å². The molecule has 4 heterocycles. The Morgan fingerprint density at radius 2 is 1.05 bits per heavy atom. The fourth-order valence-corrected chi connectivity index (χ4v) is 7.18. The Labute approximate surface area is 248 Å². The standard InChI is InChI=1S/C34H42N6O2/c1-41-29-15-9-11-23-27(39-17-5-6-18-39)21-31(37-33(23)29)35-25-13-3-4-14-26(25)36-32-22-28(40-19-7-8-20-40)24-12-10-16-30(42-2)34(24)38-32/h9-12,15-16,21-22,25-26H,3-8,13-14,17-20H2,1-2H3,(H,35,37)(H,36,38). The van der Waals surface area contributed by atoms with Crippen molar-refractivity contribution in [3.8, 4) is 11.5 Å². The smallest absolute Gasteiger partial charge is 0.145 e. The number of pyridine rings is 2. The van der Waals surface area contributed by atoms with Crippen molar-refractivity contribution in [3.63, 3.8) is 0 Å². The first kappa shape index (κ1) is 26.9. The lowest BCUT2D eigenvalue weighted by Crippen LogP contribution is -2.42. The summed E-state index contributed by atoms with van der Waals surface area (Å²) < 4.78 is 11.5. The van der Waals surface area contributed by atoms with Crippen LogP contribution in [0.25, 0.3) is 21.8 Å². The van der Waals surface area contributed by atoms with Gasteiger partial charge in [0.15, 0.2) is 0 Å². The summed E-state index contributed by atoms with van der Waals surface area (Å²) in [6.07, 6.45) is 9.48. The number of benzene rings is 2. The van der Waals surface area contributed by atoms with E-state index in [0.717, 1.165) is 84.0 Å². The summed E-state index contributed by atoms with van der Waals surface area (Å²) in [4.78, 5) is 15.2. The molecule has 8 heteroatoms. The van der Waals surface area contributed by atoms with Crippen molar-refractivity contribution >= 4 is 44.8 Å². The molecule has 2 unspecified atom stereocenters. The molecule has 8 nitrogen and oxygen atoms in total. The SMILES string of the molecule is COc1cccc2c(N3CCCC3)cc(NC3CCCCC3Nc3cc(N4CCCC4)c4cccc(OC)c4n3)nc12. The number of nitrogens with one attached hydrogen (secondary N) is 2. The molecule has 2 atom stereocenters. The van der Waals surface area contributed by atoms with Crippen LogP contribution in [0.1, 0.15) is 51.4 Å². The number of aromatic nitrogens is 2. The first-order valence-electron chi connectivity index (χ1n) is 15.7. The van der Waals surface area contributed by atoms with Crippen LogP contribution in [-0.2, 0) is 0 Å². The minimum atomic E-state index is 0.232. The Hall–Kier alpha value is -3.94. The number of rotatable bonds is 8. The summed E-state index contributed by atoms with van der Waals surface area (Å²) in [6.45, 7) is 4.33. The van der Waals surface area contributed by atoms with E-state index < -0.39 is 0 Å². The van der Waals surface area contributed by atoms with Crippen LogP contribution in [0.2, 0.25) is 0 Å². The number of hydrogen-bond donors (Lipinski definition) is 2. The van der Waals surface area contributed by atoms with Crippen molar-refractivity contribution in [1.29, 1.82) is 0 Å². The lowest BCUT2D eigenvalue weighted by atomic mass is 9.90. The van der Waals surface area contributed by atoms with Crippen molar-refractivity contribution in [2.45, 2.75) is 63.5 Å². The number of fused-ring (bicyclic) bond motifs is 2. The Morgan fingerprint density at radius 1 is 0.619 bits per heavy atom. The first-order valence-corrected chi connectivity index (χ1v) is 15.7. The van der Waals surface area contributed by atoms with Crippen LogP contribution < -0.4 is 29.9 Å². The van der Waals surface area contributed by atoms with Gasteiger partial charge in [-0.05, 0) is 50.7 Å². The number of hydrogen-bond acceptors (Lipinski definition) is 8. The molecular weight excluding hydrogens is 524 g/mol. The van der Waals surface area contributed by atoms with Crippen LogP contribution in [-0.4, -0.2) is 62.5 Å². The van der Waals surface area contributed by atoms with Crippen molar-refractivity contribution in [1.82, 2.24) is 9.97 Å². The average molecular weight is 567 g/mol. The molecule has 0 amide bonds. The molecular formula is C34H42N6O2. The van der Waals surface area contributed by atoms with Gasteiger partial charge in [-0.3, -0.25) is 0 Å². The van der Waals surface area contributed by atoms with E-state index in [1.54, 1.807) is 14.2 Å². The maximum atomic E-state index is 5.75. The van der Waals surface area contributed by atoms with E-state index in [1.165, 1.54) is 49.9 Å². The maximum Gasteiger partial charge on any atom is 0.145 e. The fraction of sp³-hybridized carbons (Fsp3) is 0.471. The van der Waals surface area contributed by atoms with Gasteiger partial charge in [0.2, 0.25) is 0 Å². The predicted octanol–water partition coefficient (Wildman–Crippen LogP) is 6.84. The molecule has 2 aromatic carbocycles. The molecule has 1 saturated carbocycles. The first-order chi connectivity index (χ1) is 20.7. The van der Waals surface area contributed by atoms with Crippen molar-refractivity contribution in [3.05, 3.63) is 48.5 Å². The summed E-state index contributed by atoms with van der Waals surface area (Å²) in [7, 11) is 3.46. The minimum absolute atomic E-state index is 0.232. The van der Waals surface area contributed by atoms with Gasteiger partial charge in [0.25, 0.3) is 0 Å². The Bertz CT molecular complexity index is 1450. The topological polar surface area (TPSA) is 74.8 Å². The largest absolute Gasteiger partial charge is 0.494 e. The van der Waals surface area contributed by atoms with Gasteiger partial charge in [-0.1, -0.05) is 37.1 Å². The van der Waals surface area contributed by atoms with Crippen LogP contribution in [0, 0.1) is 0 Å². The zero-order valence-corrected chi connectivity index (χ0v) is 24.9. The molecule has 2 N–H and O–H groups in total. The van der Waals surface area contributed by atoms with Gasteiger partial charge in [0.05, 0.1) is 14.2 Å². The van der Waals surface area contributed by atoms with Crippen LogP contribution >= 0.6 is 0 Å². The zero-order chi connectivity index (χ0) is 28.5. The van der Waals surface area contributed by atoms with E-state index in [-0.39, 0.29) is 12.1 Å². The van der Waals surface area contributed by atoms with Crippen molar-refractivity contribution < 1.29 is 9.47 Å². The van der Waals surface area contributed by atoms with Gasteiger partial charge < -0.3 is 29.9 Å². The normalized spacial score (nSPS) is 20.8. The van der Waals surface area contributed by atoms with Crippen LogP contribution in [0.4, 0.5) is 23.0 Å². The number of anilines is 4. The summed E-state index contributed by atoms with van der Waals surface area (Å²) >= 11 is 0. The van der Waals surface area contributed by atoms with Crippen LogP contribution in [0.15, 0.2) is 48.5 Å². The molecule has 0 spiro atoms. The number of para-hydroxylation sites is 2. The van der Waals surface area contributed by atoms with E-state index in [2.05, 4.69) is 56.8 Å². The highest BCUT2D eigenvalue weighted by atomic mass is 16.5. The second-order valence-corrected chi connectivity index (χ2v) is 11.9. The second kappa shape index (κ2) is 11.7. The molecule has 2 saturated heterocycles. The molecule has 4 aromatic rings. The van der Waals surface area contributed by atoms with Gasteiger partial charge >= 0.3 is 0 Å². The average Bonchev–Trinajstić information content (AvgIpc) is 3.76. The zero-order valence-electron chi connectivity index (χ0n) is 24.9. The third kappa shape index (κ3) is 5.12. The molecule has 2 aromatic heterocycles. The minimum Gasteiger partial charge on any atom is -0.494 e. The molecule has 42 heavy (non-hydrogen) atoms. The van der Waals surface area contributed by atoms with Gasteiger partial charge in [0.1, 0.15) is 34.2 Å². The third-order valence-corrected chi connectivity index (χ3v) is 9.33. The summed E-state index contributed by atoms with van der Waals surface area (Å²) in [5.41, 5.74) is 4.34. The summed E-state index contributed by atoms with van der Waals surface area (Å²) in [5.74, 6) is 3.47. The summed E-state index contributed by atoms with van der Waals surface area (Å²) in [5, 5.41) is 10.1. The van der Waals surface area contributed by atoms with Gasteiger partial charge in [-0.15, -0.1) is 0 Å². The predicted molar refractivity (Wildman–Crippen MR) is 173 cm³/mol. The summed E-state index contributed by atoms with van der Waals surface area (Å²) in [6, 6.07) is 17.5. The maximum absolute atomic E-state index is 5.75. The lowest BCUT2D eigenvalue weighted by molar-refractivity contribution is 0.417. The third-order valence-electron chi connectivity index (χ3n) is 9.33. The Morgan fingerprint density at radius 3 is 1.45 bits per heavy atom. The highest BCUT2D eigenvalue weighted by Crippen LogP contribution is 2.38. The monoisotopic (exact) mass is 566 g/mol. The lowest BCUT2D eigenvalue weighted by Gasteiger charge is -2.34. The van der Waals surface area contributed by atoms with Gasteiger partial charge in [-0.2, -0.15) is 0 Å². The molecule has 1 aliphatic carbocycles. The van der Waals surface area contributed by atoms with E-state index in [9.17, 15) is 0 Å². The van der Waals surface area contributed by atoms with E-state index in [0.29, 0.717) is 0 Å². The molecule has 7 rings (SSSR count). The van der Waals surface area contributed by atoms with E-state index in [1.807, 2.05) is 12.1 Å². The molecule has 0 radical (unpaired) electrons.